The topological polar surface area (TPSA) is 90.2 Å². The van der Waals surface area contributed by atoms with Crippen LogP contribution >= 0.6 is 0 Å². The number of carbonyl (C=O) groups excluding carboxylic acids is 1. The molecule has 0 saturated heterocycles. The van der Waals surface area contributed by atoms with Crippen LogP contribution in [0.15, 0.2) is 78.9 Å². The lowest BCUT2D eigenvalue weighted by atomic mass is 9.97. The van der Waals surface area contributed by atoms with Crippen LogP contribution in [-0.4, -0.2) is 28.3 Å². The molecule has 0 atom stereocenters. The number of anilines is 1. The van der Waals surface area contributed by atoms with Crippen LogP contribution in [0.5, 0.6) is 28.7 Å². The van der Waals surface area contributed by atoms with E-state index in [1.165, 1.54) is 17.0 Å². The minimum atomic E-state index is -0.291. The Labute approximate surface area is 196 Å². The van der Waals surface area contributed by atoms with Crippen LogP contribution in [0.25, 0.3) is 11.1 Å². The smallest absolute Gasteiger partial charge is 0.258 e. The number of nitrogens with zero attached hydrogens (tertiary/aromatic N) is 1. The Balaban J connectivity index is 1.66. The van der Waals surface area contributed by atoms with Crippen molar-refractivity contribution in [2.45, 2.75) is 12.8 Å². The summed E-state index contributed by atoms with van der Waals surface area (Å²) in [6, 6.07) is 22.1. The first-order valence-corrected chi connectivity index (χ1v) is 10.9. The average molecular weight is 453 g/mol. The third kappa shape index (κ3) is 4.01. The summed E-state index contributed by atoms with van der Waals surface area (Å²) in [7, 11) is 1.62. The molecule has 0 radical (unpaired) electrons. The van der Waals surface area contributed by atoms with E-state index in [1.807, 2.05) is 18.2 Å². The first kappa shape index (κ1) is 21.4. The van der Waals surface area contributed by atoms with E-state index in [2.05, 4.69) is 0 Å². The highest BCUT2D eigenvalue weighted by molar-refractivity contribution is 6.08. The molecule has 34 heavy (non-hydrogen) atoms. The molecule has 0 spiro atoms. The van der Waals surface area contributed by atoms with Crippen LogP contribution in [0.1, 0.15) is 21.5 Å². The molecule has 1 amide bonds. The zero-order valence-corrected chi connectivity index (χ0v) is 18.5. The summed E-state index contributed by atoms with van der Waals surface area (Å²) >= 11 is 0. The Hall–Kier alpha value is -4.45. The van der Waals surface area contributed by atoms with Gasteiger partial charge in [0.1, 0.15) is 17.2 Å². The summed E-state index contributed by atoms with van der Waals surface area (Å²) in [6.07, 6.45) is 1.36. The van der Waals surface area contributed by atoms with E-state index in [0.717, 1.165) is 11.1 Å². The van der Waals surface area contributed by atoms with Crippen LogP contribution in [-0.2, 0) is 12.8 Å². The molecule has 0 aliphatic carbocycles. The van der Waals surface area contributed by atoms with Gasteiger partial charge >= 0.3 is 0 Å². The zero-order valence-electron chi connectivity index (χ0n) is 18.5. The molecular weight excluding hydrogens is 430 g/mol. The molecule has 0 fully saturated rings. The van der Waals surface area contributed by atoms with Gasteiger partial charge in [-0.05, 0) is 78.6 Å². The van der Waals surface area contributed by atoms with Crippen molar-refractivity contribution in [2.24, 2.45) is 0 Å². The molecule has 8 rings (SSSR count). The monoisotopic (exact) mass is 453 g/mol. The number of phenolic OH excluding ortho intramolecular Hbond substituents is 3. The number of hydrogen-bond donors (Lipinski definition) is 3. The van der Waals surface area contributed by atoms with E-state index in [0.29, 0.717) is 46.7 Å². The molecule has 3 N–H and O–H groups in total. The number of amides is 1. The molecule has 4 aliphatic heterocycles. The molecule has 6 nitrogen and oxygen atoms in total. The van der Waals surface area contributed by atoms with Crippen molar-refractivity contribution in [3.05, 3.63) is 95.6 Å². The summed E-state index contributed by atoms with van der Waals surface area (Å²) in [5.74, 6) is 0.659. The number of aromatic hydroxyl groups is 3. The number of rotatable bonds is 0. The maximum absolute atomic E-state index is 13.3. The van der Waals surface area contributed by atoms with Crippen molar-refractivity contribution in [3.63, 3.8) is 0 Å². The number of carbonyl (C=O) groups is 1. The SMILES string of the molecule is CN1C(=O)c2ccc(cc2)Oc2cc(ccc2O)CCc2ccc(c(O)c2)-c2ccc(O)cc21. The van der Waals surface area contributed by atoms with Crippen LogP contribution in [0, 0.1) is 0 Å². The van der Waals surface area contributed by atoms with Gasteiger partial charge in [-0.15, -0.1) is 0 Å². The van der Waals surface area contributed by atoms with Gasteiger partial charge in [0.25, 0.3) is 5.91 Å². The fraction of sp³-hybridized carbons (Fsp3) is 0.107. The molecule has 0 aromatic heterocycles. The summed E-state index contributed by atoms with van der Waals surface area (Å²) in [5, 5.41) is 31.2. The van der Waals surface area contributed by atoms with Gasteiger partial charge < -0.3 is 25.0 Å². The molecule has 6 bridgehead atoms. The van der Waals surface area contributed by atoms with Crippen LogP contribution in [0.4, 0.5) is 5.69 Å². The Morgan fingerprint density at radius 1 is 0.735 bits per heavy atom. The van der Waals surface area contributed by atoms with Crippen molar-refractivity contribution in [1.82, 2.24) is 0 Å². The number of hydrogen-bond acceptors (Lipinski definition) is 5. The van der Waals surface area contributed by atoms with Gasteiger partial charge in [-0.25, -0.2) is 0 Å². The number of ether oxygens (including phenoxy) is 1. The first-order chi connectivity index (χ1) is 16.4. The second kappa shape index (κ2) is 8.48. The Morgan fingerprint density at radius 2 is 1.41 bits per heavy atom. The highest BCUT2D eigenvalue weighted by Crippen LogP contribution is 2.39. The largest absolute Gasteiger partial charge is 0.508 e. The molecule has 4 aromatic carbocycles. The highest BCUT2D eigenvalue weighted by Gasteiger charge is 2.20. The molecule has 0 unspecified atom stereocenters. The van der Waals surface area contributed by atoms with E-state index >= 15 is 0 Å². The third-order valence-corrected chi connectivity index (χ3v) is 6.06. The van der Waals surface area contributed by atoms with Crippen molar-refractivity contribution < 1.29 is 24.9 Å². The first-order valence-electron chi connectivity index (χ1n) is 10.9. The minimum Gasteiger partial charge on any atom is -0.508 e. The Bertz CT molecular complexity index is 1390. The molecule has 170 valence electrons. The Morgan fingerprint density at radius 3 is 2.15 bits per heavy atom. The lowest BCUT2D eigenvalue weighted by molar-refractivity contribution is 0.0993. The minimum absolute atomic E-state index is 0.0151. The maximum Gasteiger partial charge on any atom is 0.258 e. The number of phenols is 3. The van der Waals surface area contributed by atoms with E-state index < -0.39 is 0 Å². The predicted octanol–water partition coefficient (Wildman–Crippen LogP) is 5.64. The van der Waals surface area contributed by atoms with Crippen molar-refractivity contribution in [1.29, 1.82) is 0 Å². The van der Waals surface area contributed by atoms with E-state index in [4.69, 9.17) is 4.74 Å². The van der Waals surface area contributed by atoms with Gasteiger partial charge in [-0.2, -0.15) is 0 Å². The van der Waals surface area contributed by atoms with Crippen LogP contribution < -0.4 is 9.64 Å². The maximum atomic E-state index is 13.3. The van der Waals surface area contributed by atoms with Gasteiger partial charge in [0.15, 0.2) is 11.5 Å². The molecule has 4 aliphatic rings. The highest BCUT2D eigenvalue weighted by atomic mass is 16.5. The Kier molecular flexibility index (Phi) is 5.34. The predicted molar refractivity (Wildman–Crippen MR) is 130 cm³/mol. The van der Waals surface area contributed by atoms with Gasteiger partial charge in [-0.1, -0.05) is 18.2 Å². The molecule has 0 saturated carbocycles. The number of benzene rings is 4. The van der Waals surface area contributed by atoms with E-state index in [-0.39, 0.29) is 23.2 Å². The normalized spacial score (nSPS) is 13.2. The lowest BCUT2D eigenvalue weighted by Gasteiger charge is -2.22. The quantitative estimate of drug-likeness (QED) is 0.321. The molecule has 4 aromatic rings. The summed E-state index contributed by atoms with van der Waals surface area (Å²) in [6.45, 7) is 0. The summed E-state index contributed by atoms with van der Waals surface area (Å²) in [4.78, 5) is 14.7. The van der Waals surface area contributed by atoms with E-state index in [1.54, 1.807) is 55.6 Å². The number of aryl methyl sites for hydroxylation is 2. The summed E-state index contributed by atoms with van der Waals surface area (Å²) < 4.78 is 5.88. The zero-order chi connectivity index (χ0) is 23.8. The standard InChI is InChI=1S/C28H23NO5/c1-29-24-16-20(30)8-12-22(24)23-11-4-17(14-26(23)32)2-3-18-5-13-25(31)27(15-18)34-21-9-6-19(7-10-21)28(29)33/h4-16,30-32H,2-3H2,1H3. The van der Waals surface area contributed by atoms with Gasteiger partial charge in [0.2, 0.25) is 0 Å². The van der Waals surface area contributed by atoms with Crippen LogP contribution in [0.3, 0.4) is 0 Å². The van der Waals surface area contributed by atoms with Crippen molar-refractivity contribution >= 4 is 11.6 Å². The average Bonchev–Trinajstić information content (AvgIpc) is 2.84. The van der Waals surface area contributed by atoms with Gasteiger partial charge in [-0.3, -0.25) is 4.79 Å². The third-order valence-electron chi connectivity index (χ3n) is 6.06. The van der Waals surface area contributed by atoms with E-state index in [9.17, 15) is 20.1 Å². The fourth-order valence-electron chi connectivity index (χ4n) is 4.17. The summed E-state index contributed by atoms with van der Waals surface area (Å²) in [5.41, 5.74) is 4.00. The second-order valence-corrected chi connectivity index (χ2v) is 8.35. The van der Waals surface area contributed by atoms with Gasteiger partial charge in [0.05, 0.1) is 5.69 Å². The van der Waals surface area contributed by atoms with Crippen molar-refractivity contribution in [3.8, 4) is 39.9 Å². The second-order valence-electron chi connectivity index (χ2n) is 8.35. The lowest BCUT2D eigenvalue weighted by Crippen LogP contribution is -2.26. The van der Waals surface area contributed by atoms with Crippen molar-refractivity contribution in [2.75, 3.05) is 11.9 Å². The fourth-order valence-corrected chi connectivity index (χ4v) is 4.17. The van der Waals surface area contributed by atoms with Crippen LogP contribution in [0.2, 0.25) is 0 Å². The van der Waals surface area contributed by atoms with Gasteiger partial charge in [0, 0.05) is 29.8 Å². The molecular formula is C28H23NO5. The molecule has 4 heterocycles. The molecule has 6 heteroatoms.